The quantitative estimate of drug-likeness (QED) is 0.746. The molecule has 1 rings (SSSR count). The summed E-state index contributed by atoms with van der Waals surface area (Å²) >= 11 is 0. The van der Waals surface area contributed by atoms with Crippen LogP contribution in [0.5, 0.6) is 5.75 Å². The molecule has 0 atom stereocenters. The Morgan fingerprint density at radius 3 is 2.78 bits per heavy atom. The van der Waals surface area contributed by atoms with Gasteiger partial charge in [0.1, 0.15) is 5.75 Å². The zero-order valence-electron chi connectivity index (χ0n) is 11.2. The van der Waals surface area contributed by atoms with Gasteiger partial charge in [-0.05, 0) is 25.5 Å². The number of terminal acetylenes is 1. The number of ether oxygens (including phenoxy) is 1. The van der Waals surface area contributed by atoms with Crippen molar-refractivity contribution in [2.75, 3.05) is 20.2 Å². The summed E-state index contributed by atoms with van der Waals surface area (Å²) in [5.41, 5.74) is 1.59. The van der Waals surface area contributed by atoms with Crippen molar-refractivity contribution in [1.82, 2.24) is 4.90 Å². The summed E-state index contributed by atoms with van der Waals surface area (Å²) < 4.78 is 5.23. The number of carbonyl (C=O) groups excluding carboxylic acids is 1. The molecule has 0 aliphatic carbocycles. The maximum Gasteiger partial charge on any atom is 0.258 e. The van der Waals surface area contributed by atoms with Crippen LogP contribution in [-0.2, 0) is 0 Å². The molecular weight excluding hydrogens is 226 g/mol. The Morgan fingerprint density at radius 1 is 1.50 bits per heavy atom. The standard InChI is InChI=1S/C15H19NO2/c1-5-9-16(10-6-2)15(17)13-11-12(3)7-8-14(13)18-4/h1,7-8,11H,6,9-10H2,2-4H3. The Balaban J connectivity index is 3.07. The highest BCUT2D eigenvalue weighted by molar-refractivity contribution is 5.97. The molecule has 0 spiro atoms. The van der Waals surface area contributed by atoms with Gasteiger partial charge in [-0.3, -0.25) is 4.79 Å². The van der Waals surface area contributed by atoms with Crippen LogP contribution < -0.4 is 4.74 Å². The molecule has 0 aliphatic rings. The van der Waals surface area contributed by atoms with Gasteiger partial charge in [-0.15, -0.1) is 6.42 Å². The smallest absolute Gasteiger partial charge is 0.258 e. The molecule has 0 fully saturated rings. The number of rotatable bonds is 5. The first kappa shape index (κ1) is 14.1. The lowest BCUT2D eigenvalue weighted by Gasteiger charge is -2.20. The second-order valence-electron chi connectivity index (χ2n) is 4.13. The molecule has 0 bridgehead atoms. The molecule has 1 aromatic rings. The van der Waals surface area contributed by atoms with Crippen molar-refractivity contribution in [2.24, 2.45) is 0 Å². The van der Waals surface area contributed by atoms with Crippen LogP contribution in [0.1, 0.15) is 29.3 Å². The molecule has 0 saturated carbocycles. The average molecular weight is 245 g/mol. The molecule has 0 saturated heterocycles. The molecule has 0 unspecified atom stereocenters. The highest BCUT2D eigenvalue weighted by Crippen LogP contribution is 2.21. The van der Waals surface area contributed by atoms with Crippen molar-refractivity contribution < 1.29 is 9.53 Å². The lowest BCUT2D eigenvalue weighted by atomic mass is 10.1. The highest BCUT2D eigenvalue weighted by Gasteiger charge is 2.18. The van der Waals surface area contributed by atoms with Gasteiger partial charge in [0.15, 0.2) is 0 Å². The van der Waals surface area contributed by atoms with Crippen molar-refractivity contribution in [1.29, 1.82) is 0 Å². The summed E-state index contributed by atoms with van der Waals surface area (Å²) in [4.78, 5) is 14.1. The van der Waals surface area contributed by atoms with Crippen LogP contribution in [0.2, 0.25) is 0 Å². The van der Waals surface area contributed by atoms with Gasteiger partial charge < -0.3 is 9.64 Å². The maximum atomic E-state index is 12.4. The van der Waals surface area contributed by atoms with Crippen LogP contribution >= 0.6 is 0 Å². The van der Waals surface area contributed by atoms with Crippen LogP contribution in [-0.4, -0.2) is 31.0 Å². The van der Waals surface area contributed by atoms with E-state index in [1.807, 2.05) is 32.0 Å². The van der Waals surface area contributed by atoms with Crippen molar-refractivity contribution in [3.05, 3.63) is 29.3 Å². The largest absolute Gasteiger partial charge is 0.496 e. The Morgan fingerprint density at radius 2 is 2.22 bits per heavy atom. The molecule has 3 nitrogen and oxygen atoms in total. The lowest BCUT2D eigenvalue weighted by Crippen LogP contribution is -2.32. The molecule has 1 amide bonds. The van der Waals surface area contributed by atoms with Crippen molar-refractivity contribution >= 4 is 5.91 Å². The molecule has 96 valence electrons. The third kappa shape index (κ3) is 3.27. The molecule has 0 radical (unpaired) electrons. The van der Waals surface area contributed by atoms with E-state index in [0.29, 0.717) is 24.4 Å². The van der Waals surface area contributed by atoms with E-state index in [4.69, 9.17) is 11.2 Å². The summed E-state index contributed by atoms with van der Waals surface area (Å²) in [5.74, 6) is 3.03. The van der Waals surface area contributed by atoms with E-state index in [9.17, 15) is 4.79 Å². The van der Waals surface area contributed by atoms with E-state index in [-0.39, 0.29) is 5.91 Å². The average Bonchev–Trinajstić information content (AvgIpc) is 2.37. The van der Waals surface area contributed by atoms with Crippen LogP contribution in [0.15, 0.2) is 18.2 Å². The van der Waals surface area contributed by atoms with E-state index in [0.717, 1.165) is 12.0 Å². The molecule has 0 N–H and O–H groups in total. The van der Waals surface area contributed by atoms with Gasteiger partial charge in [-0.2, -0.15) is 0 Å². The van der Waals surface area contributed by atoms with Gasteiger partial charge >= 0.3 is 0 Å². The number of amides is 1. The lowest BCUT2D eigenvalue weighted by molar-refractivity contribution is 0.0773. The zero-order valence-corrected chi connectivity index (χ0v) is 11.2. The predicted octanol–water partition coefficient (Wildman–Crippen LogP) is 2.49. The molecule has 1 aromatic carbocycles. The third-order valence-electron chi connectivity index (χ3n) is 2.65. The highest BCUT2D eigenvalue weighted by atomic mass is 16.5. The number of carbonyl (C=O) groups is 1. The fourth-order valence-electron chi connectivity index (χ4n) is 1.79. The fourth-order valence-corrected chi connectivity index (χ4v) is 1.79. The number of hydrogen-bond donors (Lipinski definition) is 0. The number of methoxy groups -OCH3 is 1. The van der Waals surface area contributed by atoms with Crippen LogP contribution in [0.4, 0.5) is 0 Å². The van der Waals surface area contributed by atoms with Crippen LogP contribution in [0.3, 0.4) is 0 Å². The van der Waals surface area contributed by atoms with Gasteiger partial charge in [-0.1, -0.05) is 24.5 Å². The SMILES string of the molecule is C#CCN(CCC)C(=O)c1cc(C)ccc1OC. The molecular formula is C15H19NO2. The Kier molecular flexibility index (Phi) is 5.26. The summed E-state index contributed by atoms with van der Waals surface area (Å²) in [6.07, 6.45) is 6.18. The Labute approximate surface area is 109 Å². The summed E-state index contributed by atoms with van der Waals surface area (Å²) in [6, 6.07) is 5.56. The van der Waals surface area contributed by atoms with Gasteiger partial charge in [0.25, 0.3) is 5.91 Å². The second-order valence-corrected chi connectivity index (χ2v) is 4.13. The Bertz CT molecular complexity index is 460. The van der Waals surface area contributed by atoms with Gasteiger partial charge in [0.05, 0.1) is 19.2 Å². The van der Waals surface area contributed by atoms with Crippen LogP contribution in [0, 0.1) is 19.3 Å². The molecule has 0 heterocycles. The minimum absolute atomic E-state index is 0.0737. The summed E-state index contributed by atoms with van der Waals surface area (Å²) in [6.45, 7) is 4.94. The number of aryl methyl sites for hydroxylation is 1. The monoisotopic (exact) mass is 245 g/mol. The second kappa shape index (κ2) is 6.70. The van der Waals surface area contributed by atoms with Crippen molar-refractivity contribution in [3.8, 4) is 18.1 Å². The minimum Gasteiger partial charge on any atom is -0.496 e. The first-order valence-corrected chi connectivity index (χ1v) is 6.01. The number of nitrogens with zero attached hydrogens (tertiary/aromatic N) is 1. The normalized spacial score (nSPS) is 9.67. The minimum atomic E-state index is -0.0737. The molecule has 18 heavy (non-hydrogen) atoms. The maximum absolute atomic E-state index is 12.4. The van der Waals surface area contributed by atoms with E-state index in [1.165, 1.54) is 0 Å². The van der Waals surface area contributed by atoms with Gasteiger partial charge in [0.2, 0.25) is 0 Å². The van der Waals surface area contributed by atoms with Crippen molar-refractivity contribution in [2.45, 2.75) is 20.3 Å². The Hall–Kier alpha value is -1.95. The molecule has 3 heteroatoms. The third-order valence-corrected chi connectivity index (χ3v) is 2.65. The van der Waals surface area contributed by atoms with Gasteiger partial charge in [-0.25, -0.2) is 0 Å². The number of benzene rings is 1. The molecule has 0 aromatic heterocycles. The fraction of sp³-hybridized carbons (Fsp3) is 0.400. The van der Waals surface area contributed by atoms with Gasteiger partial charge in [0, 0.05) is 6.54 Å². The summed E-state index contributed by atoms with van der Waals surface area (Å²) in [5, 5.41) is 0. The topological polar surface area (TPSA) is 29.5 Å². The zero-order chi connectivity index (χ0) is 13.5. The van der Waals surface area contributed by atoms with E-state index in [1.54, 1.807) is 12.0 Å². The first-order chi connectivity index (χ1) is 8.63. The molecule has 0 aliphatic heterocycles. The van der Waals surface area contributed by atoms with E-state index >= 15 is 0 Å². The van der Waals surface area contributed by atoms with Crippen LogP contribution in [0.25, 0.3) is 0 Å². The van der Waals surface area contributed by atoms with E-state index in [2.05, 4.69) is 5.92 Å². The first-order valence-electron chi connectivity index (χ1n) is 6.01. The van der Waals surface area contributed by atoms with E-state index < -0.39 is 0 Å². The van der Waals surface area contributed by atoms with Crippen molar-refractivity contribution in [3.63, 3.8) is 0 Å². The summed E-state index contributed by atoms with van der Waals surface area (Å²) in [7, 11) is 1.56. The predicted molar refractivity (Wildman–Crippen MR) is 72.8 cm³/mol. The number of hydrogen-bond acceptors (Lipinski definition) is 2.